The van der Waals surface area contributed by atoms with Crippen molar-refractivity contribution < 1.29 is 13.2 Å². The standard InChI is InChI=1S/C16H26N2O3S/c1-12(2)22(20,21)14-8-6-13(7-9-14)10-17-15(19)18-11-16(3,4)5/h6-9,12H,10-11H2,1-5H3,(H2,17,18,19). The summed E-state index contributed by atoms with van der Waals surface area (Å²) in [5.74, 6) is 0. The maximum Gasteiger partial charge on any atom is 0.315 e. The highest BCUT2D eigenvalue weighted by Crippen LogP contribution is 2.16. The molecular formula is C16H26N2O3S. The predicted molar refractivity (Wildman–Crippen MR) is 88.5 cm³/mol. The Morgan fingerprint density at radius 2 is 1.64 bits per heavy atom. The second kappa shape index (κ2) is 7.13. The summed E-state index contributed by atoms with van der Waals surface area (Å²) < 4.78 is 24.0. The average Bonchev–Trinajstić information content (AvgIpc) is 2.42. The highest BCUT2D eigenvalue weighted by molar-refractivity contribution is 7.92. The first-order chi connectivity index (χ1) is 10.0. The average molecular weight is 326 g/mol. The van der Waals surface area contributed by atoms with E-state index in [1.54, 1.807) is 38.1 Å². The van der Waals surface area contributed by atoms with Crippen LogP contribution in [0.4, 0.5) is 4.79 Å². The maximum atomic E-state index is 12.0. The minimum atomic E-state index is -3.25. The number of rotatable bonds is 5. The summed E-state index contributed by atoms with van der Waals surface area (Å²) in [7, 11) is -3.25. The van der Waals surface area contributed by atoms with E-state index in [1.807, 2.05) is 20.8 Å². The first-order valence-corrected chi connectivity index (χ1v) is 8.91. The van der Waals surface area contributed by atoms with Crippen LogP contribution in [-0.2, 0) is 16.4 Å². The van der Waals surface area contributed by atoms with E-state index in [9.17, 15) is 13.2 Å². The summed E-state index contributed by atoms with van der Waals surface area (Å²) in [6.45, 7) is 10.4. The minimum Gasteiger partial charge on any atom is -0.338 e. The molecule has 0 saturated heterocycles. The van der Waals surface area contributed by atoms with Crippen molar-refractivity contribution in [1.82, 2.24) is 10.6 Å². The van der Waals surface area contributed by atoms with Crippen LogP contribution in [0.3, 0.4) is 0 Å². The van der Waals surface area contributed by atoms with Crippen LogP contribution in [0.15, 0.2) is 29.2 Å². The van der Waals surface area contributed by atoms with Crippen molar-refractivity contribution in [2.75, 3.05) is 6.54 Å². The van der Waals surface area contributed by atoms with Crippen molar-refractivity contribution in [3.05, 3.63) is 29.8 Å². The van der Waals surface area contributed by atoms with Crippen LogP contribution in [0.1, 0.15) is 40.2 Å². The smallest absolute Gasteiger partial charge is 0.315 e. The maximum absolute atomic E-state index is 12.0. The fourth-order valence-corrected chi connectivity index (χ4v) is 2.72. The molecule has 0 aromatic heterocycles. The molecule has 1 rings (SSSR count). The molecule has 5 nitrogen and oxygen atoms in total. The topological polar surface area (TPSA) is 75.3 Å². The van der Waals surface area contributed by atoms with E-state index in [2.05, 4.69) is 10.6 Å². The molecule has 124 valence electrons. The zero-order chi connectivity index (χ0) is 17.0. The zero-order valence-electron chi connectivity index (χ0n) is 13.9. The number of urea groups is 1. The highest BCUT2D eigenvalue weighted by atomic mass is 32.2. The number of sulfone groups is 1. The molecule has 0 bridgehead atoms. The molecule has 0 radical (unpaired) electrons. The third kappa shape index (κ3) is 5.67. The molecule has 0 spiro atoms. The largest absolute Gasteiger partial charge is 0.338 e. The molecule has 0 unspecified atom stereocenters. The first kappa shape index (κ1) is 18.5. The first-order valence-electron chi connectivity index (χ1n) is 7.37. The Kier molecular flexibility index (Phi) is 6.00. The minimum absolute atomic E-state index is 0.0319. The fourth-order valence-electron chi connectivity index (χ4n) is 1.66. The third-order valence-electron chi connectivity index (χ3n) is 3.10. The van der Waals surface area contributed by atoms with Gasteiger partial charge in [0, 0.05) is 13.1 Å². The molecule has 22 heavy (non-hydrogen) atoms. The van der Waals surface area contributed by atoms with Crippen LogP contribution in [0.2, 0.25) is 0 Å². The van der Waals surface area contributed by atoms with Crippen molar-refractivity contribution in [3.63, 3.8) is 0 Å². The van der Waals surface area contributed by atoms with Gasteiger partial charge in [0.25, 0.3) is 0 Å². The summed E-state index contributed by atoms with van der Waals surface area (Å²) in [4.78, 5) is 12.0. The third-order valence-corrected chi connectivity index (χ3v) is 5.28. The van der Waals surface area contributed by atoms with E-state index in [0.29, 0.717) is 18.0 Å². The van der Waals surface area contributed by atoms with E-state index in [1.165, 1.54) is 0 Å². The van der Waals surface area contributed by atoms with E-state index in [0.717, 1.165) is 5.56 Å². The molecule has 0 saturated carbocycles. The van der Waals surface area contributed by atoms with Gasteiger partial charge in [0.2, 0.25) is 0 Å². The molecule has 2 amide bonds. The lowest BCUT2D eigenvalue weighted by Crippen LogP contribution is -2.39. The molecule has 1 aromatic rings. The Morgan fingerprint density at radius 1 is 1.09 bits per heavy atom. The van der Waals surface area contributed by atoms with Gasteiger partial charge in [0.05, 0.1) is 10.1 Å². The van der Waals surface area contributed by atoms with E-state index >= 15 is 0 Å². The monoisotopic (exact) mass is 326 g/mol. The molecule has 0 heterocycles. The number of carbonyl (C=O) groups is 1. The van der Waals surface area contributed by atoms with Gasteiger partial charge in [-0.05, 0) is 37.0 Å². The Bertz CT molecular complexity index is 599. The number of hydrogen-bond acceptors (Lipinski definition) is 3. The quantitative estimate of drug-likeness (QED) is 0.873. The van der Waals surface area contributed by atoms with Gasteiger partial charge < -0.3 is 10.6 Å². The van der Waals surface area contributed by atoms with Gasteiger partial charge in [-0.25, -0.2) is 13.2 Å². The summed E-state index contributed by atoms with van der Waals surface area (Å²) in [6.07, 6.45) is 0. The lowest BCUT2D eigenvalue weighted by molar-refractivity contribution is 0.235. The normalized spacial score (nSPS) is 12.3. The summed E-state index contributed by atoms with van der Waals surface area (Å²) in [5, 5.41) is 5.11. The van der Waals surface area contributed by atoms with Crippen molar-refractivity contribution in [3.8, 4) is 0 Å². The van der Waals surface area contributed by atoms with Gasteiger partial charge >= 0.3 is 6.03 Å². The second-order valence-electron chi connectivity index (χ2n) is 6.83. The molecular weight excluding hydrogens is 300 g/mol. The molecule has 2 N–H and O–H groups in total. The Hall–Kier alpha value is -1.56. The van der Waals surface area contributed by atoms with Crippen molar-refractivity contribution in [1.29, 1.82) is 0 Å². The van der Waals surface area contributed by atoms with Gasteiger partial charge in [0.15, 0.2) is 9.84 Å². The summed E-state index contributed by atoms with van der Waals surface area (Å²) in [6, 6.07) is 6.38. The molecule has 6 heteroatoms. The van der Waals surface area contributed by atoms with Crippen molar-refractivity contribution in [2.45, 2.75) is 51.3 Å². The van der Waals surface area contributed by atoms with Gasteiger partial charge in [-0.15, -0.1) is 0 Å². The second-order valence-corrected chi connectivity index (χ2v) is 9.34. The van der Waals surface area contributed by atoms with Crippen LogP contribution >= 0.6 is 0 Å². The Morgan fingerprint density at radius 3 is 2.09 bits per heavy atom. The zero-order valence-corrected chi connectivity index (χ0v) is 14.8. The highest BCUT2D eigenvalue weighted by Gasteiger charge is 2.18. The molecule has 1 aromatic carbocycles. The van der Waals surface area contributed by atoms with Crippen LogP contribution in [0.5, 0.6) is 0 Å². The van der Waals surface area contributed by atoms with Gasteiger partial charge in [0.1, 0.15) is 0 Å². The lowest BCUT2D eigenvalue weighted by Gasteiger charge is -2.19. The number of benzene rings is 1. The molecule has 0 aliphatic rings. The number of carbonyl (C=O) groups excluding carboxylic acids is 1. The van der Waals surface area contributed by atoms with Crippen molar-refractivity contribution in [2.24, 2.45) is 5.41 Å². The van der Waals surface area contributed by atoms with Crippen LogP contribution < -0.4 is 10.6 Å². The SMILES string of the molecule is CC(C)S(=O)(=O)c1ccc(CNC(=O)NCC(C)(C)C)cc1. The lowest BCUT2D eigenvalue weighted by atomic mass is 9.97. The van der Waals surface area contributed by atoms with Crippen LogP contribution in [0.25, 0.3) is 0 Å². The fraction of sp³-hybridized carbons (Fsp3) is 0.562. The van der Waals surface area contributed by atoms with Crippen LogP contribution in [-0.4, -0.2) is 26.2 Å². The number of hydrogen-bond donors (Lipinski definition) is 2. The van der Waals surface area contributed by atoms with Gasteiger partial charge in [-0.2, -0.15) is 0 Å². The van der Waals surface area contributed by atoms with E-state index < -0.39 is 15.1 Å². The Labute approximate surface area is 133 Å². The van der Waals surface area contributed by atoms with E-state index in [-0.39, 0.29) is 11.4 Å². The molecule has 0 aliphatic carbocycles. The Balaban J connectivity index is 2.57. The van der Waals surface area contributed by atoms with E-state index in [4.69, 9.17) is 0 Å². The van der Waals surface area contributed by atoms with Crippen LogP contribution in [0, 0.1) is 5.41 Å². The molecule has 0 atom stereocenters. The van der Waals surface area contributed by atoms with Gasteiger partial charge in [-0.1, -0.05) is 32.9 Å². The summed E-state index contributed by atoms with van der Waals surface area (Å²) in [5.41, 5.74) is 0.887. The molecule has 0 aliphatic heterocycles. The van der Waals surface area contributed by atoms with Crippen molar-refractivity contribution >= 4 is 15.9 Å². The van der Waals surface area contributed by atoms with Gasteiger partial charge in [-0.3, -0.25) is 0 Å². The molecule has 0 fully saturated rings. The summed E-state index contributed by atoms with van der Waals surface area (Å²) >= 11 is 0. The number of nitrogens with one attached hydrogen (secondary N) is 2. The predicted octanol–water partition coefficient (Wildman–Crippen LogP) is 2.71. The number of amides is 2.